The second kappa shape index (κ2) is 7.14. The molecule has 1 saturated heterocycles. The molecule has 3 rings (SSSR count). The minimum atomic E-state index is -0.585. The number of nitrogens with zero attached hydrogens (tertiary/aromatic N) is 2. The average molecular weight is 345 g/mol. The Hall–Kier alpha value is -2.54. The third kappa shape index (κ3) is 3.61. The Kier molecular flexibility index (Phi) is 4.94. The third-order valence-corrected chi connectivity index (χ3v) is 4.28. The second-order valence-corrected chi connectivity index (χ2v) is 6.18. The molecular weight excluding hydrogens is 325 g/mol. The molecule has 1 amide bonds. The molecule has 1 fully saturated rings. The molecule has 132 valence electrons. The van der Waals surface area contributed by atoms with Crippen LogP contribution in [0.4, 0.5) is 4.39 Å². The van der Waals surface area contributed by atoms with Gasteiger partial charge in [-0.1, -0.05) is 12.1 Å². The lowest BCUT2D eigenvalue weighted by Crippen LogP contribution is -2.43. The number of rotatable bonds is 4. The van der Waals surface area contributed by atoms with Crippen LogP contribution in [0.3, 0.4) is 0 Å². The van der Waals surface area contributed by atoms with Crippen molar-refractivity contribution in [1.82, 2.24) is 15.1 Å². The SMILES string of the molecule is Cc1cc(=O)c(C(=O)N[C@@H](C)[C@@H]2CCCO2)nn1-c1ccccc1F. The van der Waals surface area contributed by atoms with Crippen LogP contribution in [0.2, 0.25) is 0 Å². The summed E-state index contributed by atoms with van der Waals surface area (Å²) in [5, 5.41) is 6.85. The summed E-state index contributed by atoms with van der Waals surface area (Å²) >= 11 is 0. The summed E-state index contributed by atoms with van der Waals surface area (Å²) in [5.41, 5.74) is -0.138. The topological polar surface area (TPSA) is 73.2 Å². The molecule has 0 saturated carbocycles. The smallest absolute Gasteiger partial charge is 0.276 e. The van der Waals surface area contributed by atoms with Crippen molar-refractivity contribution >= 4 is 5.91 Å². The van der Waals surface area contributed by atoms with Crippen LogP contribution in [0.25, 0.3) is 5.69 Å². The molecule has 1 N–H and O–H groups in total. The van der Waals surface area contributed by atoms with Crippen LogP contribution >= 0.6 is 0 Å². The number of carbonyl (C=O) groups is 1. The van der Waals surface area contributed by atoms with E-state index in [1.165, 1.54) is 22.9 Å². The minimum absolute atomic E-state index is 0.0665. The van der Waals surface area contributed by atoms with Crippen molar-refractivity contribution in [3.8, 4) is 5.69 Å². The average Bonchev–Trinajstić information content (AvgIpc) is 3.10. The fourth-order valence-corrected chi connectivity index (χ4v) is 2.94. The number of halogens is 1. The maximum Gasteiger partial charge on any atom is 0.276 e. The van der Waals surface area contributed by atoms with Crippen molar-refractivity contribution < 1.29 is 13.9 Å². The molecule has 1 aliphatic rings. The first kappa shape index (κ1) is 17.3. The lowest BCUT2D eigenvalue weighted by Gasteiger charge is -2.20. The first-order valence-corrected chi connectivity index (χ1v) is 8.25. The lowest BCUT2D eigenvalue weighted by atomic mass is 10.1. The number of aromatic nitrogens is 2. The van der Waals surface area contributed by atoms with Gasteiger partial charge in [0.05, 0.1) is 12.1 Å². The van der Waals surface area contributed by atoms with Gasteiger partial charge >= 0.3 is 0 Å². The molecule has 0 bridgehead atoms. The highest BCUT2D eigenvalue weighted by Crippen LogP contribution is 2.16. The standard InChI is InChI=1S/C18H20FN3O3/c1-11-10-15(23)17(18(24)20-12(2)16-8-5-9-25-16)21-22(11)14-7-4-3-6-13(14)19/h3-4,6-7,10,12,16H,5,8-9H2,1-2H3,(H,20,24)/t12-,16-/m0/s1. The van der Waals surface area contributed by atoms with Gasteiger partial charge in [0, 0.05) is 18.4 Å². The van der Waals surface area contributed by atoms with Gasteiger partial charge in [0.25, 0.3) is 5.91 Å². The maximum absolute atomic E-state index is 14.0. The summed E-state index contributed by atoms with van der Waals surface area (Å²) in [5.74, 6) is -1.07. The van der Waals surface area contributed by atoms with Crippen LogP contribution in [0.5, 0.6) is 0 Å². The zero-order valence-corrected chi connectivity index (χ0v) is 14.2. The summed E-state index contributed by atoms with van der Waals surface area (Å²) in [6.07, 6.45) is 1.75. The van der Waals surface area contributed by atoms with Crippen LogP contribution in [0.15, 0.2) is 35.1 Å². The first-order chi connectivity index (χ1) is 12.0. The van der Waals surface area contributed by atoms with Gasteiger partial charge in [-0.15, -0.1) is 0 Å². The molecule has 0 aliphatic carbocycles. The van der Waals surface area contributed by atoms with E-state index in [9.17, 15) is 14.0 Å². The number of hydrogen-bond donors (Lipinski definition) is 1. The minimum Gasteiger partial charge on any atom is -0.376 e. The van der Waals surface area contributed by atoms with E-state index in [1.807, 2.05) is 6.92 Å². The Bertz CT molecular complexity index is 844. The van der Waals surface area contributed by atoms with E-state index in [1.54, 1.807) is 19.1 Å². The van der Waals surface area contributed by atoms with Crippen molar-refractivity contribution in [1.29, 1.82) is 0 Å². The molecule has 1 aromatic carbocycles. The monoisotopic (exact) mass is 345 g/mol. The van der Waals surface area contributed by atoms with E-state index < -0.39 is 17.2 Å². The number of benzene rings is 1. The second-order valence-electron chi connectivity index (χ2n) is 6.18. The van der Waals surface area contributed by atoms with E-state index in [2.05, 4.69) is 10.4 Å². The Morgan fingerprint density at radius 1 is 1.44 bits per heavy atom. The zero-order valence-electron chi connectivity index (χ0n) is 14.2. The number of aryl methyl sites for hydroxylation is 1. The first-order valence-electron chi connectivity index (χ1n) is 8.25. The summed E-state index contributed by atoms with van der Waals surface area (Å²) in [6.45, 7) is 4.14. The maximum atomic E-state index is 14.0. The molecule has 2 aromatic rings. The molecule has 1 aromatic heterocycles. The van der Waals surface area contributed by atoms with E-state index in [-0.39, 0.29) is 23.5 Å². The Balaban J connectivity index is 1.91. The molecule has 0 spiro atoms. The van der Waals surface area contributed by atoms with Crippen LogP contribution in [0, 0.1) is 12.7 Å². The molecule has 0 radical (unpaired) electrons. The highest BCUT2D eigenvalue weighted by Gasteiger charge is 2.25. The van der Waals surface area contributed by atoms with Gasteiger partial charge in [-0.05, 0) is 38.8 Å². The lowest BCUT2D eigenvalue weighted by molar-refractivity contribution is 0.0708. The number of para-hydroxylation sites is 1. The number of hydrogen-bond acceptors (Lipinski definition) is 4. The quantitative estimate of drug-likeness (QED) is 0.920. The molecule has 6 nitrogen and oxygen atoms in total. The van der Waals surface area contributed by atoms with Crippen LogP contribution < -0.4 is 10.7 Å². The van der Waals surface area contributed by atoms with Gasteiger partial charge in [-0.2, -0.15) is 5.10 Å². The largest absolute Gasteiger partial charge is 0.376 e. The van der Waals surface area contributed by atoms with E-state index in [0.29, 0.717) is 12.3 Å². The summed E-state index contributed by atoms with van der Waals surface area (Å²) in [7, 11) is 0. The van der Waals surface area contributed by atoms with Gasteiger partial charge in [0.15, 0.2) is 5.69 Å². The number of nitrogens with one attached hydrogen (secondary N) is 1. The Labute approximate surface area is 144 Å². The van der Waals surface area contributed by atoms with Crippen LogP contribution in [0.1, 0.15) is 35.9 Å². The van der Waals surface area contributed by atoms with Crippen LogP contribution in [-0.4, -0.2) is 34.4 Å². The molecule has 2 heterocycles. The molecule has 2 atom stereocenters. The van der Waals surface area contributed by atoms with E-state index >= 15 is 0 Å². The predicted octanol–water partition coefficient (Wildman–Crippen LogP) is 1.98. The fraction of sp³-hybridized carbons (Fsp3) is 0.389. The van der Waals surface area contributed by atoms with Crippen molar-refractivity contribution in [2.24, 2.45) is 0 Å². The molecule has 7 heteroatoms. The van der Waals surface area contributed by atoms with E-state index in [0.717, 1.165) is 12.8 Å². The third-order valence-electron chi connectivity index (χ3n) is 4.28. The van der Waals surface area contributed by atoms with Crippen molar-refractivity contribution in [2.75, 3.05) is 6.61 Å². The van der Waals surface area contributed by atoms with Gasteiger partial charge in [0.2, 0.25) is 5.43 Å². The van der Waals surface area contributed by atoms with Gasteiger partial charge in [-0.25, -0.2) is 9.07 Å². The molecule has 25 heavy (non-hydrogen) atoms. The molecule has 1 aliphatic heterocycles. The Morgan fingerprint density at radius 3 is 2.88 bits per heavy atom. The predicted molar refractivity (Wildman–Crippen MR) is 90.4 cm³/mol. The van der Waals surface area contributed by atoms with Gasteiger partial charge in [0.1, 0.15) is 11.5 Å². The number of ether oxygens (including phenoxy) is 1. The summed E-state index contributed by atoms with van der Waals surface area (Å²) < 4.78 is 20.9. The van der Waals surface area contributed by atoms with Crippen LogP contribution in [-0.2, 0) is 4.74 Å². The van der Waals surface area contributed by atoms with E-state index in [4.69, 9.17) is 4.74 Å². The zero-order chi connectivity index (χ0) is 18.0. The molecule has 0 unspecified atom stereocenters. The summed E-state index contributed by atoms with van der Waals surface area (Å²) in [6, 6.07) is 7.11. The fourth-order valence-electron chi connectivity index (χ4n) is 2.94. The number of amides is 1. The van der Waals surface area contributed by atoms with Crippen molar-refractivity contribution in [3.63, 3.8) is 0 Å². The number of carbonyl (C=O) groups excluding carboxylic acids is 1. The molecular formula is C18H20FN3O3. The Morgan fingerprint density at radius 2 is 2.20 bits per heavy atom. The van der Waals surface area contributed by atoms with Gasteiger partial charge in [-0.3, -0.25) is 9.59 Å². The summed E-state index contributed by atoms with van der Waals surface area (Å²) in [4.78, 5) is 24.7. The highest BCUT2D eigenvalue weighted by atomic mass is 19.1. The van der Waals surface area contributed by atoms with Crippen molar-refractivity contribution in [3.05, 3.63) is 57.8 Å². The van der Waals surface area contributed by atoms with Gasteiger partial charge < -0.3 is 10.1 Å². The highest BCUT2D eigenvalue weighted by molar-refractivity contribution is 5.92. The van der Waals surface area contributed by atoms with Crippen molar-refractivity contribution in [2.45, 2.75) is 38.8 Å². The normalized spacial score (nSPS) is 18.1.